The van der Waals surface area contributed by atoms with Crippen LogP contribution < -0.4 is 0 Å². The fraction of sp³-hybridized carbons (Fsp3) is 0.400. The second-order valence-corrected chi connectivity index (χ2v) is 5.41. The molecule has 100 valence electrons. The minimum absolute atomic E-state index is 0.00623. The van der Waals surface area contributed by atoms with Crippen molar-refractivity contribution in [2.24, 2.45) is 5.92 Å². The van der Waals surface area contributed by atoms with Gasteiger partial charge in [-0.25, -0.2) is 0 Å². The van der Waals surface area contributed by atoms with Crippen molar-refractivity contribution < 1.29 is 9.21 Å². The molecule has 1 atom stereocenters. The summed E-state index contributed by atoms with van der Waals surface area (Å²) in [7, 11) is 0. The standard InChI is InChI=1S/C15H16ClNO2/c16-7-5-11-6-8-17(10-11)15(18)14-9-12-3-1-2-4-13(12)19-14/h1-4,9,11H,5-8,10H2. The van der Waals surface area contributed by atoms with Crippen LogP contribution in [0.25, 0.3) is 11.0 Å². The number of hydrogen-bond acceptors (Lipinski definition) is 2. The van der Waals surface area contributed by atoms with Gasteiger partial charge >= 0.3 is 0 Å². The van der Waals surface area contributed by atoms with Gasteiger partial charge in [-0.1, -0.05) is 18.2 Å². The zero-order valence-electron chi connectivity index (χ0n) is 10.6. The molecule has 19 heavy (non-hydrogen) atoms. The van der Waals surface area contributed by atoms with E-state index in [1.165, 1.54) is 0 Å². The molecule has 2 aromatic rings. The first-order chi connectivity index (χ1) is 9.28. The molecule has 2 heterocycles. The molecule has 1 aromatic carbocycles. The lowest BCUT2D eigenvalue weighted by atomic mass is 10.1. The molecule has 1 amide bonds. The highest BCUT2D eigenvalue weighted by molar-refractivity contribution is 6.17. The van der Waals surface area contributed by atoms with E-state index in [2.05, 4.69) is 0 Å². The highest BCUT2D eigenvalue weighted by Crippen LogP contribution is 2.24. The summed E-state index contributed by atoms with van der Waals surface area (Å²) >= 11 is 5.76. The highest BCUT2D eigenvalue weighted by atomic mass is 35.5. The number of fused-ring (bicyclic) bond motifs is 1. The second kappa shape index (κ2) is 5.25. The lowest BCUT2D eigenvalue weighted by Crippen LogP contribution is -2.28. The number of likely N-dealkylation sites (tertiary alicyclic amines) is 1. The van der Waals surface area contributed by atoms with Crippen LogP contribution in [-0.4, -0.2) is 29.8 Å². The number of hydrogen-bond donors (Lipinski definition) is 0. The van der Waals surface area contributed by atoms with Crippen molar-refractivity contribution in [3.8, 4) is 0 Å². The maximum absolute atomic E-state index is 12.4. The summed E-state index contributed by atoms with van der Waals surface area (Å²) in [5.41, 5.74) is 0.766. The van der Waals surface area contributed by atoms with Gasteiger partial charge in [0.2, 0.25) is 0 Å². The summed E-state index contributed by atoms with van der Waals surface area (Å²) in [4.78, 5) is 14.2. The van der Waals surface area contributed by atoms with Gasteiger partial charge in [-0.05, 0) is 30.9 Å². The molecule has 3 nitrogen and oxygen atoms in total. The van der Waals surface area contributed by atoms with Crippen LogP contribution in [0.15, 0.2) is 34.7 Å². The molecule has 0 aliphatic carbocycles. The Morgan fingerprint density at radius 2 is 2.26 bits per heavy atom. The van der Waals surface area contributed by atoms with Crippen LogP contribution in [0.4, 0.5) is 0 Å². The Balaban J connectivity index is 1.77. The van der Waals surface area contributed by atoms with Crippen LogP contribution in [0.5, 0.6) is 0 Å². The van der Waals surface area contributed by atoms with Gasteiger partial charge in [0.15, 0.2) is 5.76 Å². The number of furan rings is 1. The molecule has 1 aliphatic rings. The molecular weight excluding hydrogens is 262 g/mol. The summed E-state index contributed by atoms with van der Waals surface area (Å²) < 4.78 is 5.62. The Bertz CT molecular complexity index is 560. The molecule has 1 unspecified atom stereocenters. The van der Waals surface area contributed by atoms with Crippen LogP contribution >= 0.6 is 11.6 Å². The lowest BCUT2D eigenvalue weighted by molar-refractivity contribution is 0.0757. The maximum atomic E-state index is 12.4. The zero-order valence-corrected chi connectivity index (χ0v) is 11.4. The predicted octanol–water partition coefficient (Wildman–Crippen LogP) is 3.52. The highest BCUT2D eigenvalue weighted by Gasteiger charge is 2.28. The van der Waals surface area contributed by atoms with Crippen molar-refractivity contribution >= 4 is 28.5 Å². The van der Waals surface area contributed by atoms with E-state index in [1.54, 1.807) is 0 Å². The van der Waals surface area contributed by atoms with Gasteiger partial charge in [-0.3, -0.25) is 4.79 Å². The first kappa shape index (κ1) is 12.5. The first-order valence-electron chi connectivity index (χ1n) is 6.62. The molecule has 0 N–H and O–H groups in total. The average molecular weight is 278 g/mol. The number of alkyl halides is 1. The van der Waals surface area contributed by atoms with Crippen LogP contribution in [0, 0.1) is 5.92 Å². The topological polar surface area (TPSA) is 33.5 Å². The van der Waals surface area contributed by atoms with Gasteiger partial charge in [0.1, 0.15) is 5.58 Å². The van der Waals surface area contributed by atoms with E-state index in [0.29, 0.717) is 17.6 Å². The van der Waals surface area contributed by atoms with Gasteiger partial charge in [-0.15, -0.1) is 11.6 Å². The number of nitrogens with zero attached hydrogens (tertiary/aromatic N) is 1. The fourth-order valence-electron chi connectivity index (χ4n) is 2.65. The molecule has 0 bridgehead atoms. The molecular formula is C15H16ClNO2. The minimum atomic E-state index is -0.00623. The van der Waals surface area contributed by atoms with Crippen molar-refractivity contribution in [3.05, 3.63) is 36.1 Å². The fourth-order valence-corrected chi connectivity index (χ4v) is 2.96. The number of halogens is 1. The van der Waals surface area contributed by atoms with Crippen LogP contribution in [-0.2, 0) is 0 Å². The largest absolute Gasteiger partial charge is 0.451 e. The van der Waals surface area contributed by atoms with Gasteiger partial charge in [0.05, 0.1) is 0 Å². The Labute approximate surface area is 117 Å². The molecule has 1 aromatic heterocycles. The number of rotatable bonds is 3. The summed E-state index contributed by atoms with van der Waals surface area (Å²) in [5, 5.41) is 0.974. The smallest absolute Gasteiger partial charge is 0.289 e. The quantitative estimate of drug-likeness (QED) is 0.804. The minimum Gasteiger partial charge on any atom is -0.451 e. The molecule has 4 heteroatoms. The molecule has 1 aliphatic heterocycles. The third kappa shape index (κ3) is 2.47. The van der Waals surface area contributed by atoms with Gasteiger partial charge in [0, 0.05) is 24.4 Å². The van der Waals surface area contributed by atoms with Gasteiger partial charge in [0.25, 0.3) is 5.91 Å². The maximum Gasteiger partial charge on any atom is 0.289 e. The summed E-state index contributed by atoms with van der Waals surface area (Å²) in [5.74, 6) is 1.63. The summed E-state index contributed by atoms with van der Waals surface area (Å²) in [6.45, 7) is 1.60. The van der Waals surface area contributed by atoms with E-state index < -0.39 is 0 Å². The number of carbonyl (C=O) groups excluding carboxylic acids is 1. The molecule has 0 saturated carbocycles. The van der Waals surface area contributed by atoms with Crippen LogP contribution in [0.1, 0.15) is 23.4 Å². The van der Waals surface area contributed by atoms with E-state index in [0.717, 1.165) is 36.9 Å². The Kier molecular flexibility index (Phi) is 3.47. The van der Waals surface area contributed by atoms with Crippen LogP contribution in [0.3, 0.4) is 0 Å². The number of amides is 1. The molecule has 0 radical (unpaired) electrons. The molecule has 1 saturated heterocycles. The summed E-state index contributed by atoms with van der Waals surface area (Å²) in [6.07, 6.45) is 2.02. The molecule has 3 rings (SSSR count). The first-order valence-corrected chi connectivity index (χ1v) is 7.15. The van der Waals surface area contributed by atoms with E-state index >= 15 is 0 Å². The number of carbonyl (C=O) groups is 1. The van der Waals surface area contributed by atoms with E-state index in [9.17, 15) is 4.79 Å². The third-order valence-corrected chi connectivity index (χ3v) is 3.94. The Morgan fingerprint density at radius 3 is 3.05 bits per heavy atom. The van der Waals surface area contributed by atoms with Crippen molar-refractivity contribution in [3.63, 3.8) is 0 Å². The van der Waals surface area contributed by atoms with E-state index in [-0.39, 0.29) is 5.91 Å². The van der Waals surface area contributed by atoms with Gasteiger partial charge in [-0.2, -0.15) is 0 Å². The lowest BCUT2D eigenvalue weighted by Gasteiger charge is -2.14. The SMILES string of the molecule is O=C(c1cc2ccccc2o1)N1CCC(CCCl)C1. The normalized spacial score (nSPS) is 19.2. The Morgan fingerprint density at radius 1 is 1.42 bits per heavy atom. The van der Waals surface area contributed by atoms with Crippen molar-refractivity contribution in [1.82, 2.24) is 4.90 Å². The van der Waals surface area contributed by atoms with Crippen molar-refractivity contribution in [2.75, 3.05) is 19.0 Å². The van der Waals surface area contributed by atoms with Crippen LogP contribution in [0.2, 0.25) is 0 Å². The number of para-hydroxylation sites is 1. The third-order valence-electron chi connectivity index (χ3n) is 3.73. The molecule has 1 fully saturated rings. The van der Waals surface area contributed by atoms with Crippen molar-refractivity contribution in [2.45, 2.75) is 12.8 Å². The van der Waals surface area contributed by atoms with Crippen molar-refractivity contribution in [1.29, 1.82) is 0 Å². The van der Waals surface area contributed by atoms with E-state index in [1.807, 2.05) is 35.2 Å². The molecule has 0 spiro atoms. The average Bonchev–Trinajstić information content (AvgIpc) is 3.04. The zero-order chi connectivity index (χ0) is 13.2. The monoisotopic (exact) mass is 277 g/mol. The predicted molar refractivity (Wildman–Crippen MR) is 75.6 cm³/mol. The Hall–Kier alpha value is -1.48. The second-order valence-electron chi connectivity index (χ2n) is 5.03. The summed E-state index contributed by atoms with van der Waals surface area (Å²) in [6, 6.07) is 9.51. The van der Waals surface area contributed by atoms with E-state index in [4.69, 9.17) is 16.0 Å². The van der Waals surface area contributed by atoms with Gasteiger partial charge < -0.3 is 9.32 Å². The number of benzene rings is 1.